The van der Waals surface area contributed by atoms with E-state index in [-0.39, 0.29) is 18.7 Å². The summed E-state index contributed by atoms with van der Waals surface area (Å²) in [5, 5.41) is 6.88. The van der Waals surface area contributed by atoms with Crippen molar-refractivity contribution in [1.29, 1.82) is 0 Å². The third-order valence-corrected chi connectivity index (χ3v) is 5.00. The quantitative estimate of drug-likeness (QED) is 0.720. The first kappa shape index (κ1) is 17.5. The molecule has 1 N–H and O–H groups in total. The summed E-state index contributed by atoms with van der Waals surface area (Å²) in [6.45, 7) is 3.48. The maximum Gasteiger partial charge on any atom is 0.259 e. The molecule has 0 spiro atoms. The van der Waals surface area contributed by atoms with Crippen LogP contribution in [-0.4, -0.2) is 47.0 Å². The van der Waals surface area contributed by atoms with Crippen molar-refractivity contribution in [3.63, 3.8) is 0 Å². The Morgan fingerprint density at radius 2 is 2.10 bits per heavy atom. The Balaban J connectivity index is 1.21. The summed E-state index contributed by atoms with van der Waals surface area (Å²) in [5.74, 6) is 3.04. The lowest BCUT2D eigenvalue weighted by atomic mass is 10.1. The van der Waals surface area contributed by atoms with Gasteiger partial charge in [-0.1, -0.05) is 5.16 Å². The third-order valence-electron chi connectivity index (χ3n) is 5.00. The van der Waals surface area contributed by atoms with Gasteiger partial charge in [-0.05, 0) is 43.7 Å². The van der Waals surface area contributed by atoms with Crippen LogP contribution < -0.4 is 19.7 Å². The highest BCUT2D eigenvalue weighted by Gasteiger charge is 2.26. The molecule has 1 amide bonds. The molecule has 5 rings (SSSR count). The van der Waals surface area contributed by atoms with Gasteiger partial charge in [0.2, 0.25) is 6.79 Å². The van der Waals surface area contributed by atoms with Crippen LogP contribution in [0.25, 0.3) is 11.5 Å². The van der Waals surface area contributed by atoms with Gasteiger partial charge >= 0.3 is 0 Å². The lowest BCUT2D eigenvalue weighted by Crippen LogP contribution is -2.37. The number of hydrogen-bond donors (Lipinski definition) is 1. The van der Waals surface area contributed by atoms with Crippen LogP contribution in [0.15, 0.2) is 41.1 Å². The minimum atomic E-state index is -0.120. The van der Waals surface area contributed by atoms with E-state index >= 15 is 0 Å². The first-order chi connectivity index (χ1) is 14.2. The number of aryl methyl sites for hydroxylation is 1. The molecule has 0 radical (unpaired) electrons. The maximum absolute atomic E-state index is 12.6. The van der Waals surface area contributed by atoms with Crippen molar-refractivity contribution in [2.75, 3.05) is 24.8 Å². The number of rotatable bonds is 4. The van der Waals surface area contributed by atoms with Gasteiger partial charge in [0.05, 0.1) is 5.56 Å². The molecule has 0 saturated carbocycles. The largest absolute Gasteiger partial charge is 0.454 e. The Kier molecular flexibility index (Phi) is 4.27. The fourth-order valence-corrected chi connectivity index (χ4v) is 3.51. The molecule has 9 heteroatoms. The van der Waals surface area contributed by atoms with Gasteiger partial charge in [-0.3, -0.25) is 4.79 Å². The Labute approximate surface area is 166 Å². The van der Waals surface area contributed by atoms with Crippen LogP contribution in [0.2, 0.25) is 0 Å². The predicted octanol–water partition coefficient (Wildman–Crippen LogP) is 2.18. The van der Waals surface area contributed by atoms with Gasteiger partial charge in [0.15, 0.2) is 17.3 Å². The van der Waals surface area contributed by atoms with E-state index in [4.69, 9.17) is 14.0 Å². The Bertz CT molecular complexity index is 1050. The molecule has 0 aliphatic carbocycles. The first-order valence-corrected chi connectivity index (χ1v) is 9.38. The normalized spacial score (nSPS) is 17.6. The van der Waals surface area contributed by atoms with Crippen LogP contribution in [0.1, 0.15) is 22.6 Å². The molecule has 2 aromatic heterocycles. The molecule has 0 bridgehead atoms. The SMILES string of the molecule is Cc1noc(-c2ccc(N3CC[C@@H](NC(=O)c4ccc5c(c4)OCO5)C3)nc2)n1. The molecule has 2 aliphatic heterocycles. The third kappa shape index (κ3) is 3.46. The number of benzene rings is 1. The van der Waals surface area contributed by atoms with E-state index in [1.165, 1.54) is 0 Å². The van der Waals surface area contributed by atoms with Crippen LogP contribution in [0.4, 0.5) is 5.82 Å². The summed E-state index contributed by atoms with van der Waals surface area (Å²) in [6.07, 6.45) is 2.57. The van der Waals surface area contributed by atoms with Gasteiger partial charge < -0.3 is 24.2 Å². The molecule has 3 aromatic rings. The highest BCUT2D eigenvalue weighted by Crippen LogP contribution is 2.32. The lowest BCUT2D eigenvalue weighted by molar-refractivity contribution is 0.0940. The van der Waals surface area contributed by atoms with Crippen LogP contribution in [-0.2, 0) is 0 Å². The summed E-state index contributed by atoms with van der Waals surface area (Å²) in [6, 6.07) is 9.10. The molecule has 4 heterocycles. The average molecular weight is 393 g/mol. The van der Waals surface area contributed by atoms with E-state index < -0.39 is 0 Å². The number of nitrogens with zero attached hydrogens (tertiary/aromatic N) is 4. The first-order valence-electron chi connectivity index (χ1n) is 9.38. The van der Waals surface area contributed by atoms with E-state index in [1.54, 1.807) is 31.3 Å². The van der Waals surface area contributed by atoms with Crippen LogP contribution >= 0.6 is 0 Å². The van der Waals surface area contributed by atoms with Crippen molar-refractivity contribution in [2.24, 2.45) is 0 Å². The summed E-state index contributed by atoms with van der Waals surface area (Å²) >= 11 is 0. The van der Waals surface area contributed by atoms with Crippen molar-refractivity contribution in [1.82, 2.24) is 20.4 Å². The fourth-order valence-electron chi connectivity index (χ4n) is 3.51. The summed E-state index contributed by atoms with van der Waals surface area (Å²) in [5.41, 5.74) is 1.34. The molecule has 2 aliphatic rings. The second-order valence-corrected chi connectivity index (χ2v) is 7.02. The number of fused-ring (bicyclic) bond motifs is 1. The van der Waals surface area contributed by atoms with Crippen molar-refractivity contribution in [2.45, 2.75) is 19.4 Å². The van der Waals surface area contributed by atoms with E-state index in [2.05, 4.69) is 25.3 Å². The van der Waals surface area contributed by atoms with Gasteiger partial charge in [-0.25, -0.2) is 4.98 Å². The highest BCUT2D eigenvalue weighted by atomic mass is 16.7. The molecule has 9 nitrogen and oxygen atoms in total. The number of aromatic nitrogens is 3. The number of carbonyl (C=O) groups is 1. The second kappa shape index (κ2) is 7.08. The van der Waals surface area contributed by atoms with Crippen molar-refractivity contribution < 1.29 is 18.8 Å². The molecule has 148 valence electrons. The van der Waals surface area contributed by atoms with Gasteiger partial charge in [0.25, 0.3) is 11.8 Å². The average Bonchev–Trinajstić information content (AvgIpc) is 3.48. The predicted molar refractivity (Wildman–Crippen MR) is 103 cm³/mol. The van der Waals surface area contributed by atoms with E-state index in [0.29, 0.717) is 35.3 Å². The summed E-state index contributed by atoms with van der Waals surface area (Å²) in [7, 11) is 0. The smallest absolute Gasteiger partial charge is 0.259 e. The molecular formula is C20H19N5O4. The number of amides is 1. The van der Waals surface area contributed by atoms with Gasteiger partial charge in [-0.15, -0.1) is 0 Å². The number of hydrogen-bond acceptors (Lipinski definition) is 8. The number of ether oxygens (including phenoxy) is 2. The van der Waals surface area contributed by atoms with Crippen molar-refractivity contribution in [3.05, 3.63) is 47.9 Å². The summed E-state index contributed by atoms with van der Waals surface area (Å²) < 4.78 is 15.8. The minimum Gasteiger partial charge on any atom is -0.454 e. The fraction of sp³-hybridized carbons (Fsp3) is 0.300. The molecule has 1 atom stereocenters. The molecule has 1 aromatic carbocycles. The number of anilines is 1. The number of carbonyl (C=O) groups excluding carboxylic acids is 1. The van der Waals surface area contributed by atoms with Crippen LogP contribution in [0.5, 0.6) is 11.5 Å². The Morgan fingerprint density at radius 3 is 2.90 bits per heavy atom. The van der Waals surface area contributed by atoms with Crippen molar-refractivity contribution >= 4 is 11.7 Å². The molecule has 0 unspecified atom stereocenters. The van der Waals surface area contributed by atoms with E-state index in [0.717, 1.165) is 24.3 Å². The standard InChI is InChI=1S/C20H19N5O4/c1-12-22-20(29-24-12)14-3-5-18(21-9-14)25-7-6-15(10-25)23-19(26)13-2-4-16-17(8-13)28-11-27-16/h2-5,8-9,15H,6-7,10-11H2,1H3,(H,23,26)/t15-/m1/s1. The topological polar surface area (TPSA) is 103 Å². The zero-order valence-electron chi connectivity index (χ0n) is 15.8. The Morgan fingerprint density at radius 1 is 1.21 bits per heavy atom. The number of nitrogens with one attached hydrogen (secondary N) is 1. The Hall–Kier alpha value is -3.62. The van der Waals surface area contributed by atoms with E-state index in [1.807, 2.05) is 12.1 Å². The van der Waals surface area contributed by atoms with Crippen LogP contribution in [0, 0.1) is 6.92 Å². The van der Waals surface area contributed by atoms with Gasteiger partial charge in [0, 0.05) is 30.9 Å². The molecule has 1 saturated heterocycles. The maximum atomic E-state index is 12.6. The number of pyridine rings is 1. The zero-order chi connectivity index (χ0) is 19.8. The molecular weight excluding hydrogens is 374 g/mol. The monoisotopic (exact) mass is 393 g/mol. The van der Waals surface area contributed by atoms with Gasteiger partial charge in [0.1, 0.15) is 5.82 Å². The lowest BCUT2D eigenvalue weighted by Gasteiger charge is -2.18. The van der Waals surface area contributed by atoms with Crippen LogP contribution in [0.3, 0.4) is 0 Å². The van der Waals surface area contributed by atoms with E-state index in [9.17, 15) is 4.79 Å². The van der Waals surface area contributed by atoms with Crippen molar-refractivity contribution in [3.8, 4) is 23.0 Å². The summed E-state index contributed by atoms with van der Waals surface area (Å²) in [4.78, 5) is 23.4. The molecule has 1 fully saturated rings. The minimum absolute atomic E-state index is 0.0491. The highest BCUT2D eigenvalue weighted by molar-refractivity contribution is 5.95. The zero-order valence-corrected chi connectivity index (χ0v) is 15.8. The second-order valence-electron chi connectivity index (χ2n) is 7.02. The molecule has 29 heavy (non-hydrogen) atoms. The van der Waals surface area contributed by atoms with Gasteiger partial charge in [-0.2, -0.15) is 4.98 Å².